The van der Waals surface area contributed by atoms with Crippen LogP contribution in [0.1, 0.15) is 20.3 Å². The van der Waals surface area contributed by atoms with Gasteiger partial charge in [0.25, 0.3) is 0 Å². The Balaban J connectivity index is 4.36. The van der Waals surface area contributed by atoms with Crippen LogP contribution >= 0.6 is 0 Å². The highest BCUT2D eigenvalue weighted by molar-refractivity contribution is 5.81. The summed E-state index contributed by atoms with van der Waals surface area (Å²) in [5.41, 5.74) is 0. The van der Waals surface area contributed by atoms with E-state index >= 15 is 0 Å². The molecule has 15 heavy (non-hydrogen) atoms. The van der Waals surface area contributed by atoms with Gasteiger partial charge in [-0.1, -0.05) is 0 Å². The van der Waals surface area contributed by atoms with Crippen molar-refractivity contribution in [3.8, 4) is 0 Å². The van der Waals surface area contributed by atoms with E-state index in [-0.39, 0.29) is 25.3 Å². The molecule has 86 valence electrons. The minimum absolute atomic E-state index is 0.0579. The van der Waals surface area contributed by atoms with E-state index in [1.807, 2.05) is 0 Å². The van der Waals surface area contributed by atoms with Crippen LogP contribution < -0.4 is 0 Å². The normalized spacial score (nSPS) is 12.5. The molecule has 6 nitrogen and oxygen atoms in total. The van der Waals surface area contributed by atoms with E-state index < -0.39 is 18.0 Å². The maximum absolute atomic E-state index is 11.0. The third-order valence-electron chi connectivity index (χ3n) is 2.09. The van der Waals surface area contributed by atoms with Crippen LogP contribution in [0.15, 0.2) is 0 Å². The van der Waals surface area contributed by atoms with Crippen LogP contribution in [-0.2, 0) is 14.4 Å². The van der Waals surface area contributed by atoms with Crippen molar-refractivity contribution in [1.29, 1.82) is 0 Å². The molecule has 1 atom stereocenters. The van der Waals surface area contributed by atoms with E-state index in [9.17, 15) is 14.4 Å². The van der Waals surface area contributed by atoms with Gasteiger partial charge in [-0.15, -0.1) is 0 Å². The molecule has 6 heteroatoms. The molecule has 0 aliphatic carbocycles. The minimum Gasteiger partial charge on any atom is -0.481 e. The predicted octanol–water partition coefficient (Wildman–Crippen LogP) is -0.175. The third-order valence-corrected chi connectivity index (χ3v) is 2.09. The fourth-order valence-corrected chi connectivity index (χ4v) is 1.08. The maximum atomic E-state index is 11.0. The third kappa shape index (κ3) is 5.79. The first-order chi connectivity index (χ1) is 6.84. The highest BCUT2D eigenvalue weighted by Crippen LogP contribution is 2.01. The molecule has 0 aromatic carbocycles. The second-order valence-corrected chi connectivity index (χ2v) is 3.29. The Hall–Kier alpha value is -1.43. The van der Waals surface area contributed by atoms with E-state index in [2.05, 4.69) is 0 Å². The van der Waals surface area contributed by atoms with E-state index in [4.69, 9.17) is 10.2 Å². The Labute approximate surface area is 87.5 Å². The molecular weight excluding hydrogens is 202 g/mol. The van der Waals surface area contributed by atoms with Gasteiger partial charge in [0.1, 0.15) is 5.78 Å². The van der Waals surface area contributed by atoms with Gasteiger partial charge in [-0.3, -0.25) is 19.3 Å². The molecule has 1 unspecified atom stereocenters. The van der Waals surface area contributed by atoms with Crippen LogP contribution in [0, 0.1) is 0 Å². The molecule has 0 saturated carbocycles. The summed E-state index contributed by atoms with van der Waals surface area (Å²) in [4.78, 5) is 33.2. The molecule has 0 heterocycles. The lowest BCUT2D eigenvalue weighted by molar-refractivity contribution is -0.142. The number of carboxylic acid groups (broad SMARTS) is 2. The Morgan fingerprint density at radius 3 is 2.07 bits per heavy atom. The number of ketones is 1. The second kappa shape index (κ2) is 6.13. The van der Waals surface area contributed by atoms with E-state index in [1.165, 1.54) is 11.8 Å². The second-order valence-electron chi connectivity index (χ2n) is 3.29. The largest absolute Gasteiger partial charge is 0.481 e. The van der Waals surface area contributed by atoms with Crippen molar-refractivity contribution in [2.45, 2.75) is 26.3 Å². The Bertz CT molecular complexity index is 263. The molecule has 0 aromatic rings. The lowest BCUT2D eigenvalue weighted by atomic mass is 10.2. The van der Waals surface area contributed by atoms with Gasteiger partial charge >= 0.3 is 11.9 Å². The highest BCUT2D eigenvalue weighted by Gasteiger charge is 2.20. The summed E-state index contributed by atoms with van der Waals surface area (Å²) < 4.78 is 0. The fourth-order valence-electron chi connectivity index (χ4n) is 1.08. The van der Waals surface area contributed by atoms with E-state index in [0.29, 0.717) is 0 Å². The van der Waals surface area contributed by atoms with Gasteiger partial charge < -0.3 is 10.2 Å². The first-order valence-corrected chi connectivity index (χ1v) is 4.52. The van der Waals surface area contributed by atoms with Crippen LogP contribution in [0.4, 0.5) is 0 Å². The first-order valence-electron chi connectivity index (χ1n) is 4.52. The van der Waals surface area contributed by atoms with Gasteiger partial charge in [-0.05, 0) is 13.8 Å². The van der Waals surface area contributed by atoms with Gasteiger partial charge in [-0.2, -0.15) is 0 Å². The predicted molar refractivity (Wildman–Crippen MR) is 51.6 cm³/mol. The zero-order chi connectivity index (χ0) is 12.0. The quantitative estimate of drug-likeness (QED) is 0.614. The SMILES string of the molecule is CC(=O)C(C)N(CCC(=O)O)CC(=O)O. The molecule has 0 rings (SSSR count). The maximum Gasteiger partial charge on any atom is 0.317 e. The number of aliphatic carboxylic acids is 2. The van der Waals surface area contributed by atoms with Crippen molar-refractivity contribution in [1.82, 2.24) is 4.90 Å². The smallest absolute Gasteiger partial charge is 0.317 e. The van der Waals surface area contributed by atoms with Gasteiger partial charge in [0, 0.05) is 6.54 Å². The number of hydrogen-bond acceptors (Lipinski definition) is 4. The molecular formula is C9H15NO5. The zero-order valence-electron chi connectivity index (χ0n) is 8.77. The van der Waals surface area contributed by atoms with Gasteiger partial charge in [0.15, 0.2) is 0 Å². The first kappa shape index (κ1) is 13.6. The van der Waals surface area contributed by atoms with Crippen LogP contribution in [0.25, 0.3) is 0 Å². The molecule has 0 aliphatic rings. The molecule has 0 saturated heterocycles. The summed E-state index contributed by atoms with van der Waals surface area (Å²) in [5.74, 6) is -2.27. The standard InChI is InChI=1S/C9H15NO5/c1-6(7(2)11)10(5-9(14)15)4-3-8(12)13/h6H,3-5H2,1-2H3,(H,12,13)(H,14,15). The number of carbonyl (C=O) groups excluding carboxylic acids is 1. The fraction of sp³-hybridized carbons (Fsp3) is 0.667. The van der Waals surface area contributed by atoms with E-state index in [0.717, 1.165) is 0 Å². The average molecular weight is 217 g/mol. The number of carboxylic acids is 2. The Morgan fingerprint density at radius 2 is 1.73 bits per heavy atom. The number of carbonyl (C=O) groups is 3. The van der Waals surface area contributed by atoms with Crippen LogP contribution in [-0.4, -0.2) is 52.0 Å². The molecule has 2 N–H and O–H groups in total. The monoisotopic (exact) mass is 217 g/mol. The highest BCUT2D eigenvalue weighted by atomic mass is 16.4. The summed E-state index contributed by atoms with van der Waals surface area (Å²) in [6.07, 6.45) is -0.176. The average Bonchev–Trinajstić information content (AvgIpc) is 2.10. The minimum atomic E-state index is -1.08. The molecule has 0 spiro atoms. The van der Waals surface area contributed by atoms with Crippen molar-refractivity contribution in [3.05, 3.63) is 0 Å². The molecule has 0 radical (unpaired) electrons. The summed E-state index contributed by atoms with van der Waals surface area (Å²) in [6.45, 7) is 2.64. The lowest BCUT2D eigenvalue weighted by Crippen LogP contribution is -2.42. The Morgan fingerprint density at radius 1 is 1.20 bits per heavy atom. The summed E-state index contributed by atoms with van der Waals surface area (Å²) in [5, 5.41) is 17.0. The van der Waals surface area contributed by atoms with Gasteiger partial charge in [0.2, 0.25) is 0 Å². The summed E-state index contributed by atoms with van der Waals surface area (Å²) in [6, 6.07) is -0.569. The molecule has 0 amide bonds. The lowest BCUT2D eigenvalue weighted by Gasteiger charge is -2.24. The van der Waals surface area contributed by atoms with Crippen molar-refractivity contribution < 1.29 is 24.6 Å². The number of rotatable bonds is 7. The number of hydrogen-bond donors (Lipinski definition) is 2. The molecule has 0 aromatic heterocycles. The van der Waals surface area contributed by atoms with E-state index in [1.54, 1.807) is 6.92 Å². The number of nitrogens with zero attached hydrogens (tertiary/aromatic N) is 1. The van der Waals surface area contributed by atoms with Crippen molar-refractivity contribution in [2.75, 3.05) is 13.1 Å². The van der Waals surface area contributed by atoms with Gasteiger partial charge in [-0.25, -0.2) is 0 Å². The summed E-state index contributed by atoms with van der Waals surface area (Å²) >= 11 is 0. The zero-order valence-corrected chi connectivity index (χ0v) is 8.77. The van der Waals surface area contributed by atoms with Crippen molar-refractivity contribution >= 4 is 17.7 Å². The molecule has 0 bridgehead atoms. The van der Waals surface area contributed by atoms with Crippen molar-refractivity contribution in [3.63, 3.8) is 0 Å². The van der Waals surface area contributed by atoms with Crippen LogP contribution in [0.2, 0.25) is 0 Å². The topological polar surface area (TPSA) is 94.9 Å². The van der Waals surface area contributed by atoms with Crippen LogP contribution in [0.3, 0.4) is 0 Å². The summed E-state index contributed by atoms with van der Waals surface area (Å²) in [7, 11) is 0. The van der Waals surface area contributed by atoms with Gasteiger partial charge in [0.05, 0.1) is 19.0 Å². The molecule has 0 aliphatic heterocycles. The number of Topliss-reactive ketones (excluding diaryl/α,β-unsaturated/α-hetero) is 1. The molecule has 0 fully saturated rings. The Kier molecular flexibility index (Phi) is 5.54. The van der Waals surface area contributed by atoms with Crippen molar-refractivity contribution in [2.24, 2.45) is 0 Å². The van der Waals surface area contributed by atoms with Crippen LogP contribution in [0.5, 0.6) is 0 Å².